The van der Waals surface area contributed by atoms with Crippen molar-refractivity contribution in [2.24, 2.45) is 0 Å². The van der Waals surface area contributed by atoms with Crippen LogP contribution in [0.1, 0.15) is 31.7 Å². The fraction of sp³-hybridized carbons (Fsp3) is 0.478. The van der Waals surface area contributed by atoms with Gasteiger partial charge in [0.15, 0.2) is 0 Å². The quantitative estimate of drug-likeness (QED) is 0.584. The van der Waals surface area contributed by atoms with E-state index in [1.54, 1.807) is 28.2 Å². The number of nitrogens with zero attached hydrogens (tertiary/aromatic N) is 2. The number of anilines is 1. The average molecular weight is 447 g/mol. The second-order valence-corrected chi connectivity index (χ2v) is 11.0. The van der Waals surface area contributed by atoms with E-state index in [-0.39, 0.29) is 0 Å². The highest BCUT2D eigenvalue weighted by atomic mass is 32.2. The van der Waals surface area contributed by atoms with Crippen LogP contribution in [0.3, 0.4) is 0 Å². The summed E-state index contributed by atoms with van der Waals surface area (Å²) in [4.78, 5) is 3.87. The molecule has 0 amide bonds. The Balaban J connectivity index is 1.48. The fourth-order valence-electron chi connectivity index (χ4n) is 4.26. The number of ether oxygens (including phenoxy) is 1. The average Bonchev–Trinajstić information content (AvgIpc) is 3.15. The first-order valence-corrected chi connectivity index (χ1v) is 13.1. The molecule has 1 fully saturated rings. The number of fused-ring (bicyclic) bond motifs is 1. The molecule has 0 aliphatic carbocycles. The van der Waals surface area contributed by atoms with Crippen molar-refractivity contribution in [2.45, 2.75) is 48.9 Å². The molecule has 2 aromatic carbocycles. The predicted octanol–water partition coefficient (Wildman–Crippen LogP) is 4.55. The van der Waals surface area contributed by atoms with Gasteiger partial charge < -0.3 is 9.64 Å². The Kier molecular flexibility index (Phi) is 6.60. The zero-order chi connectivity index (χ0) is 21.1. The molecule has 5 nitrogen and oxygen atoms in total. The zero-order valence-corrected chi connectivity index (χ0v) is 19.3. The lowest BCUT2D eigenvalue weighted by atomic mass is 10.2. The summed E-state index contributed by atoms with van der Waals surface area (Å²) in [7, 11) is -3.61. The number of hydrogen-bond donors (Lipinski definition) is 0. The van der Waals surface area contributed by atoms with Crippen LogP contribution in [-0.2, 0) is 10.0 Å². The van der Waals surface area contributed by atoms with Crippen molar-refractivity contribution < 1.29 is 13.2 Å². The maximum Gasteiger partial charge on any atom is 0.264 e. The van der Waals surface area contributed by atoms with Crippen molar-refractivity contribution in [1.82, 2.24) is 4.90 Å². The van der Waals surface area contributed by atoms with Crippen LogP contribution >= 0.6 is 11.8 Å². The van der Waals surface area contributed by atoms with Gasteiger partial charge in [-0.3, -0.25) is 4.31 Å². The fourth-order valence-corrected chi connectivity index (χ4v) is 7.11. The summed E-state index contributed by atoms with van der Waals surface area (Å²) < 4.78 is 34.3. The van der Waals surface area contributed by atoms with Crippen molar-refractivity contribution in [2.75, 3.05) is 36.3 Å². The normalized spacial score (nSPS) is 19.7. The van der Waals surface area contributed by atoms with E-state index in [4.69, 9.17) is 4.74 Å². The summed E-state index contributed by atoms with van der Waals surface area (Å²) in [6, 6.07) is 13.7. The third-order valence-electron chi connectivity index (χ3n) is 5.96. The Hall–Kier alpha value is -1.70. The van der Waals surface area contributed by atoms with Crippen LogP contribution in [-0.4, -0.2) is 51.4 Å². The number of sulfonamides is 1. The van der Waals surface area contributed by atoms with Gasteiger partial charge in [0.25, 0.3) is 10.0 Å². The van der Waals surface area contributed by atoms with Crippen LogP contribution in [0.15, 0.2) is 52.3 Å². The molecule has 0 bridgehead atoms. The van der Waals surface area contributed by atoms with Gasteiger partial charge in [-0.2, -0.15) is 0 Å². The molecule has 7 heteroatoms. The first-order valence-electron chi connectivity index (χ1n) is 10.7. The Morgan fingerprint density at radius 1 is 1.17 bits per heavy atom. The minimum absolute atomic E-state index is 0.369. The number of rotatable bonds is 7. The number of likely N-dealkylation sites (tertiary alicyclic amines) is 1. The third kappa shape index (κ3) is 4.48. The zero-order valence-electron chi connectivity index (χ0n) is 17.7. The van der Waals surface area contributed by atoms with Crippen LogP contribution in [0, 0.1) is 6.92 Å². The van der Waals surface area contributed by atoms with E-state index in [9.17, 15) is 8.42 Å². The van der Waals surface area contributed by atoms with E-state index in [0.717, 1.165) is 40.6 Å². The van der Waals surface area contributed by atoms with E-state index in [1.807, 2.05) is 37.3 Å². The van der Waals surface area contributed by atoms with Gasteiger partial charge in [0.2, 0.25) is 0 Å². The number of thioether (sulfide) groups is 1. The summed E-state index contributed by atoms with van der Waals surface area (Å²) in [5, 5.41) is 0. The topological polar surface area (TPSA) is 49.9 Å². The van der Waals surface area contributed by atoms with Gasteiger partial charge in [-0.15, -0.1) is 11.8 Å². The van der Waals surface area contributed by atoms with Crippen molar-refractivity contribution >= 4 is 27.5 Å². The molecule has 30 heavy (non-hydrogen) atoms. The van der Waals surface area contributed by atoms with Crippen LogP contribution in [0.4, 0.5) is 5.69 Å². The molecular weight excluding hydrogens is 416 g/mol. The molecule has 0 spiro atoms. The first-order chi connectivity index (χ1) is 14.5. The molecule has 0 radical (unpaired) electrons. The summed E-state index contributed by atoms with van der Waals surface area (Å²) in [6.45, 7) is 7.47. The molecule has 1 saturated heterocycles. The first kappa shape index (κ1) is 21.5. The minimum atomic E-state index is -3.61. The predicted molar refractivity (Wildman–Crippen MR) is 123 cm³/mol. The Bertz CT molecular complexity index is 994. The standard InChI is InChI=1S/C23H30N2O3S2/c1-18-7-3-4-9-23(18)30(26,27)25-14-16-29-22-11-10-20(17-21(22)25)28-15-6-13-24-12-5-8-19(24)2/h3-4,7,9-11,17,19H,5-6,8,12-16H2,1-2H3. The van der Waals surface area contributed by atoms with Crippen molar-refractivity contribution in [3.63, 3.8) is 0 Å². The molecule has 2 heterocycles. The largest absolute Gasteiger partial charge is 0.493 e. The summed E-state index contributed by atoms with van der Waals surface area (Å²) in [5.74, 6) is 1.47. The maximum atomic E-state index is 13.4. The van der Waals surface area contributed by atoms with Crippen LogP contribution in [0.25, 0.3) is 0 Å². The second-order valence-electron chi connectivity index (χ2n) is 8.05. The van der Waals surface area contributed by atoms with Gasteiger partial charge in [-0.25, -0.2) is 8.42 Å². The molecule has 0 aromatic heterocycles. The van der Waals surface area contributed by atoms with Crippen LogP contribution in [0.5, 0.6) is 5.75 Å². The molecule has 0 saturated carbocycles. The van der Waals surface area contributed by atoms with Gasteiger partial charge in [-0.05, 0) is 63.4 Å². The van der Waals surface area contributed by atoms with Gasteiger partial charge in [-0.1, -0.05) is 18.2 Å². The molecule has 2 aromatic rings. The van der Waals surface area contributed by atoms with Crippen molar-refractivity contribution in [3.05, 3.63) is 48.0 Å². The van der Waals surface area contributed by atoms with Crippen molar-refractivity contribution in [1.29, 1.82) is 0 Å². The lowest BCUT2D eigenvalue weighted by Crippen LogP contribution is -2.35. The molecule has 1 atom stereocenters. The van der Waals surface area contributed by atoms with E-state index < -0.39 is 10.0 Å². The monoisotopic (exact) mass is 446 g/mol. The molecule has 2 aliphatic rings. The summed E-state index contributed by atoms with van der Waals surface area (Å²) in [5.41, 5.74) is 1.49. The molecule has 0 N–H and O–H groups in total. The highest BCUT2D eigenvalue weighted by Gasteiger charge is 2.30. The number of benzene rings is 2. The minimum Gasteiger partial charge on any atom is -0.493 e. The van der Waals surface area contributed by atoms with Crippen LogP contribution < -0.4 is 9.04 Å². The molecule has 4 rings (SSSR count). The van der Waals surface area contributed by atoms with Gasteiger partial charge in [0.05, 0.1) is 17.2 Å². The summed E-state index contributed by atoms with van der Waals surface area (Å²) in [6.07, 6.45) is 3.55. The van der Waals surface area contributed by atoms with Crippen LogP contribution in [0.2, 0.25) is 0 Å². The SMILES string of the molecule is Cc1ccccc1S(=O)(=O)N1CCSc2ccc(OCCCN3CCCC3C)cc21. The number of aryl methyl sites for hydroxylation is 1. The highest BCUT2D eigenvalue weighted by Crippen LogP contribution is 2.40. The number of hydrogen-bond acceptors (Lipinski definition) is 5. The molecule has 2 aliphatic heterocycles. The Morgan fingerprint density at radius 3 is 2.77 bits per heavy atom. The smallest absolute Gasteiger partial charge is 0.264 e. The second kappa shape index (κ2) is 9.20. The lowest BCUT2D eigenvalue weighted by Gasteiger charge is -2.31. The third-order valence-corrected chi connectivity index (χ3v) is 8.98. The van der Waals surface area contributed by atoms with E-state index in [1.165, 1.54) is 19.4 Å². The van der Waals surface area contributed by atoms with Gasteiger partial charge >= 0.3 is 0 Å². The van der Waals surface area contributed by atoms with Crippen molar-refractivity contribution in [3.8, 4) is 5.75 Å². The van der Waals surface area contributed by atoms with Gasteiger partial charge in [0, 0.05) is 35.8 Å². The van der Waals surface area contributed by atoms with E-state index in [0.29, 0.717) is 24.1 Å². The molecular formula is C23H30N2O3S2. The molecule has 1 unspecified atom stereocenters. The molecule has 162 valence electrons. The summed E-state index contributed by atoms with van der Waals surface area (Å²) >= 11 is 1.69. The van der Waals surface area contributed by atoms with E-state index in [2.05, 4.69) is 11.8 Å². The lowest BCUT2D eigenvalue weighted by molar-refractivity contribution is 0.230. The maximum absolute atomic E-state index is 13.4. The Morgan fingerprint density at radius 2 is 2.00 bits per heavy atom. The van der Waals surface area contributed by atoms with E-state index >= 15 is 0 Å². The van der Waals surface area contributed by atoms with Gasteiger partial charge in [0.1, 0.15) is 5.75 Å². The Labute approximate surface area is 184 Å². The highest BCUT2D eigenvalue weighted by molar-refractivity contribution is 8.00.